The Morgan fingerprint density at radius 3 is 2.58 bits per heavy atom. The van der Waals surface area contributed by atoms with Crippen molar-refractivity contribution < 1.29 is 14.3 Å². The summed E-state index contributed by atoms with van der Waals surface area (Å²) < 4.78 is 5.67. The van der Waals surface area contributed by atoms with Crippen LogP contribution < -0.4 is 4.74 Å². The molecule has 3 nitrogen and oxygen atoms in total. The fourth-order valence-electron chi connectivity index (χ4n) is 3.79. The lowest BCUT2D eigenvalue weighted by Crippen LogP contribution is -2.34. The number of benzene rings is 2. The van der Waals surface area contributed by atoms with E-state index in [0.29, 0.717) is 12.2 Å². The Morgan fingerprint density at radius 1 is 1.04 bits per heavy atom. The van der Waals surface area contributed by atoms with Crippen molar-refractivity contribution in [3.63, 3.8) is 0 Å². The molecule has 0 N–H and O–H groups in total. The molecule has 0 aromatic heterocycles. The van der Waals surface area contributed by atoms with E-state index in [1.807, 2.05) is 37.3 Å². The van der Waals surface area contributed by atoms with E-state index >= 15 is 0 Å². The molecule has 0 saturated heterocycles. The van der Waals surface area contributed by atoms with E-state index in [1.165, 1.54) is 5.56 Å². The summed E-state index contributed by atoms with van der Waals surface area (Å²) in [5, 5.41) is 0. The fourth-order valence-corrected chi connectivity index (χ4v) is 3.79. The number of hydrogen-bond acceptors (Lipinski definition) is 3. The minimum atomic E-state index is -0.394. The second-order valence-corrected chi connectivity index (χ2v) is 6.94. The number of ketones is 1. The minimum absolute atomic E-state index is 0.0154. The van der Waals surface area contributed by atoms with Gasteiger partial charge in [-0.25, -0.2) is 0 Å². The van der Waals surface area contributed by atoms with Gasteiger partial charge in [0, 0.05) is 12.3 Å². The van der Waals surface area contributed by atoms with E-state index in [0.717, 1.165) is 23.1 Å². The molecule has 3 heteroatoms. The lowest BCUT2D eigenvalue weighted by molar-refractivity contribution is -0.139. The van der Waals surface area contributed by atoms with Gasteiger partial charge in [-0.15, -0.1) is 0 Å². The highest BCUT2D eigenvalue weighted by molar-refractivity contribution is 5.94. The van der Waals surface area contributed by atoms with Crippen molar-refractivity contribution in [1.82, 2.24) is 0 Å². The molecular formula is C23H20O3. The van der Waals surface area contributed by atoms with Crippen LogP contribution in [0, 0.1) is 12.8 Å². The van der Waals surface area contributed by atoms with Crippen molar-refractivity contribution in [2.45, 2.75) is 25.7 Å². The number of carbonyl (C=O) groups is 2. The number of fused-ring (bicyclic) bond motifs is 1. The lowest BCUT2D eigenvalue weighted by Gasteiger charge is -2.33. The molecule has 1 aliphatic heterocycles. The first-order chi connectivity index (χ1) is 12.6. The topological polar surface area (TPSA) is 43.4 Å². The van der Waals surface area contributed by atoms with Crippen LogP contribution in [0.15, 0.2) is 72.3 Å². The van der Waals surface area contributed by atoms with Crippen LogP contribution in [0.5, 0.6) is 5.75 Å². The molecule has 2 aliphatic rings. The highest BCUT2D eigenvalue weighted by Crippen LogP contribution is 2.44. The van der Waals surface area contributed by atoms with Crippen LogP contribution in [-0.2, 0) is 16.0 Å². The number of hydrogen-bond donors (Lipinski definition) is 0. The summed E-state index contributed by atoms with van der Waals surface area (Å²) in [7, 11) is 0. The van der Waals surface area contributed by atoms with Crippen LogP contribution in [0.2, 0.25) is 0 Å². The molecule has 0 saturated carbocycles. The number of allylic oxidation sites excluding steroid dienone is 3. The molecule has 0 amide bonds. The first kappa shape index (κ1) is 16.5. The smallest absolute Gasteiger partial charge is 0.319 e. The van der Waals surface area contributed by atoms with Crippen LogP contribution >= 0.6 is 0 Å². The average molecular weight is 344 g/mol. The molecule has 0 fully saturated rings. The van der Waals surface area contributed by atoms with Gasteiger partial charge in [0.15, 0.2) is 5.78 Å². The summed E-state index contributed by atoms with van der Waals surface area (Å²) in [5.74, 6) is 0.0691. The summed E-state index contributed by atoms with van der Waals surface area (Å²) in [6, 6.07) is 16.2. The van der Waals surface area contributed by atoms with Gasteiger partial charge in [0.1, 0.15) is 5.75 Å². The zero-order valence-electron chi connectivity index (χ0n) is 14.6. The predicted octanol–water partition coefficient (Wildman–Crippen LogP) is 4.31. The molecule has 1 aliphatic carbocycles. The van der Waals surface area contributed by atoms with Crippen molar-refractivity contribution in [3.8, 4) is 5.75 Å². The molecule has 0 radical (unpaired) electrons. The van der Waals surface area contributed by atoms with Crippen molar-refractivity contribution in [3.05, 3.63) is 89.0 Å². The average Bonchev–Trinajstić information content (AvgIpc) is 2.63. The zero-order chi connectivity index (χ0) is 18.1. The van der Waals surface area contributed by atoms with Crippen LogP contribution in [0.3, 0.4) is 0 Å². The Bertz CT molecular complexity index is 922. The quantitative estimate of drug-likeness (QED) is 0.615. The molecule has 0 bridgehead atoms. The van der Waals surface area contributed by atoms with E-state index < -0.39 is 5.92 Å². The van der Waals surface area contributed by atoms with Gasteiger partial charge in [0.25, 0.3) is 0 Å². The maximum Gasteiger partial charge on any atom is 0.319 e. The second-order valence-electron chi connectivity index (χ2n) is 6.94. The van der Waals surface area contributed by atoms with Gasteiger partial charge >= 0.3 is 5.97 Å². The van der Waals surface area contributed by atoms with Gasteiger partial charge in [0.2, 0.25) is 0 Å². The summed E-state index contributed by atoms with van der Waals surface area (Å²) >= 11 is 0. The number of ether oxygens (including phenoxy) is 1. The SMILES string of the molecule is Cc1ccc2c(c1)OC(=O)C(C1=CCC(=O)C=C1)C2Cc1ccccc1. The van der Waals surface area contributed by atoms with Crippen LogP contribution in [0.1, 0.15) is 29.0 Å². The Morgan fingerprint density at radius 2 is 1.85 bits per heavy atom. The fraction of sp³-hybridized carbons (Fsp3) is 0.217. The van der Waals surface area contributed by atoms with Crippen LogP contribution in [0.4, 0.5) is 0 Å². The van der Waals surface area contributed by atoms with Gasteiger partial charge in [-0.2, -0.15) is 0 Å². The molecule has 0 spiro atoms. The van der Waals surface area contributed by atoms with E-state index in [4.69, 9.17) is 4.74 Å². The Hall–Kier alpha value is -2.94. The first-order valence-electron chi connectivity index (χ1n) is 8.89. The van der Waals surface area contributed by atoms with Gasteiger partial charge in [0.05, 0.1) is 5.92 Å². The van der Waals surface area contributed by atoms with Gasteiger partial charge in [-0.05, 0) is 47.8 Å². The second kappa shape index (κ2) is 6.75. The van der Waals surface area contributed by atoms with E-state index in [2.05, 4.69) is 24.3 Å². The molecule has 4 rings (SSSR count). The van der Waals surface area contributed by atoms with Crippen LogP contribution in [0.25, 0.3) is 0 Å². The van der Waals surface area contributed by atoms with Crippen molar-refractivity contribution >= 4 is 11.8 Å². The zero-order valence-corrected chi connectivity index (χ0v) is 14.6. The Kier molecular flexibility index (Phi) is 4.29. The number of esters is 1. The number of carbonyl (C=O) groups excluding carboxylic acids is 2. The molecule has 2 aromatic carbocycles. The molecule has 2 atom stereocenters. The van der Waals surface area contributed by atoms with Gasteiger partial charge < -0.3 is 4.74 Å². The third-order valence-corrected chi connectivity index (χ3v) is 5.09. The third-order valence-electron chi connectivity index (χ3n) is 5.09. The summed E-state index contributed by atoms with van der Waals surface area (Å²) in [4.78, 5) is 24.4. The predicted molar refractivity (Wildman–Crippen MR) is 100 cm³/mol. The highest BCUT2D eigenvalue weighted by Gasteiger charge is 2.39. The Labute approximate surface area is 153 Å². The molecule has 2 aromatic rings. The maximum absolute atomic E-state index is 12.9. The Balaban J connectivity index is 1.78. The monoisotopic (exact) mass is 344 g/mol. The van der Waals surface area contributed by atoms with Crippen molar-refractivity contribution in [2.24, 2.45) is 5.92 Å². The van der Waals surface area contributed by atoms with Crippen molar-refractivity contribution in [1.29, 1.82) is 0 Å². The summed E-state index contributed by atoms with van der Waals surface area (Å²) in [6.45, 7) is 1.99. The largest absolute Gasteiger partial charge is 0.426 e. The van der Waals surface area contributed by atoms with Crippen LogP contribution in [-0.4, -0.2) is 11.8 Å². The third kappa shape index (κ3) is 3.13. The number of rotatable bonds is 3. The van der Waals surface area contributed by atoms with Crippen molar-refractivity contribution in [2.75, 3.05) is 0 Å². The molecule has 130 valence electrons. The van der Waals surface area contributed by atoms with E-state index in [1.54, 1.807) is 12.2 Å². The first-order valence-corrected chi connectivity index (χ1v) is 8.89. The van der Waals surface area contributed by atoms with E-state index in [9.17, 15) is 9.59 Å². The molecule has 1 heterocycles. The van der Waals surface area contributed by atoms with Gasteiger partial charge in [-0.1, -0.05) is 54.6 Å². The van der Waals surface area contributed by atoms with Gasteiger partial charge in [-0.3, -0.25) is 9.59 Å². The summed E-state index contributed by atoms with van der Waals surface area (Å²) in [5.41, 5.74) is 4.17. The standard InChI is InChI=1S/C23H20O3/c1-15-7-12-19-20(14-16-5-3-2-4-6-16)22(23(25)26-21(19)13-15)17-8-10-18(24)11-9-17/h2-10,12-13,20,22H,11,14H2,1H3. The normalized spacial score (nSPS) is 21.8. The minimum Gasteiger partial charge on any atom is -0.426 e. The molecule has 2 unspecified atom stereocenters. The highest BCUT2D eigenvalue weighted by atomic mass is 16.5. The maximum atomic E-state index is 12.9. The number of aryl methyl sites for hydroxylation is 1. The van der Waals surface area contributed by atoms with E-state index in [-0.39, 0.29) is 17.7 Å². The molecular weight excluding hydrogens is 324 g/mol. The lowest BCUT2D eigenvalue weighted by atomic mass is 9.74. The molecule has 26 heavy (non-hydrogen) atoms. The summed E-state index contributed by atoms with van der Waals surface area (Å²) in [6.07, 6.45) is 6.29.